The van der Waals surface area contributed by atoms with Gasteiger partial charge in [0, 0.05) is 0 Å². The number of hydrogen-bond donors (Lipinski definition) is 0. The van der Waals surface area contributed by atoms with E-state index in [1.807, 2.05) is 24.3 Å². The van der Waals surface area contributed by atoms with E-state index in [-0.39, 0.29) is 0 Å². The smallest absolute Gasteiger partial charge is 0.0715 e. The molecule has 0 spiro atoms. The molecule has 0 amide bonds. The number of benzene rings is 2. The Labute approximate surface area is 129 Å². The molecule has 0 aliphatic rings. The molecule has 0 aromatic heterocycles. The predicted molar refractivity (Wildman–Crippen MR) is 93.3 cm³/mol. The van der Waals surface area contributed by atoms with E-state index in [2.05, 4.69) is 38.1 Å². The van der Waals surface area contributed by atoms with Crippen molar-refractivity contribution >= 4 is 44.6 Å². The van der Waals surface area contributed by atoms with Crippen LogP contribution in [-0.2, 0) is 0 Å². The zero-order chi connectivity index (χ0) is 13.8. The molecule has 2 aromatic rings. The number of thioether (sulfide) groups is 1. The summed E-state index contributed by atoms with van der Waals surface area (Å²) in [6, 6.07) is 16.4. The number of aryl methyl sites for hydroxylation is 2. The zero-order valence-electron chi connectivity index (χ0n) is 10.8. The first-order valence-electron chi connectivity index (χ1n) is 5.96. The topological polar surface area (TPSA) is 0 Å². The van der Waals surface area contributed by atoms with Gasteiger partial charge in [-0.25, -0.2) is 0 Å². The monoisotopic (exact) mass is 302 g/mol. The molecule has 0 unspecified atom stereocenters. The SMILES string of the molecule is Cc1ccc(C(=S)SC(=S)c2ccc(C)cc2)cc1. The van der Waals surface area contributed by atoms with Crippen LogP contribution in [0.15, 0.2) is 48.5 Å². The molecule has 0 heterocycles. The Morgan fingerprint density at radius 3 is 1.32 bits per heavy atom. The van der Waals surface area contributed by atoms with Crippen molar-refractivity contribution in [2.45, 2.75) is 13.8 Å². The van der Waals surface area contributed by atoms with Gasteiger partial charge in [-0.05, 0) is 25.0 Å². The van der Waals surface area contributed by atoms with Crippen LogP contribution in [0.5, 0.6) is 0 Å². The summed E-state index contributed by atoms with van der Waals surface area (Å²) in [5, 5.41) is 0. The largest absolute Gasteiger partial charge is 0.0834 e. The molecule has 0 aliphatic carbocycles. The fourth-order valence-corrected chi connectivity index (χ4v) is 3.19. The van der Waals surface area contributed by atoms with Crippen molar-refractivity contribution in [2.24, 2.45) is 0 Å². The fourth-order valence-electron chi connectivity index (χ4n) is 1.58. The van der Waals surface area contributed by atoms with Crippen molar-refractivity contribution < 1.29 is 0 Å². The second kappa shape index (κ2) is 6.42. The van der Waals surface area contributed by atoms with Gasteiger partial charge in [0.15, 0.2) is 0 Å². The maximum atomic E-state index is 5.44. The summed E-state index contributed by atoms with van der Waals surface area (Å²) in [4.78, 5) is 0. The van der Waals surface area contributed by atoms with Gasteiger partial charge in [0.2, 0.25) is 0 Å². The van der Waals surface area contributed by atoms with Gasteiger partial charge in [0.05, 0.1) is 8.39 Å². The van der Waals surface area contributed by atoms with E-state index in [4.69, 9.17) is 24.4 Å². The molecule has 0 atom stereocenters. The van der Waals surface area contributed by atoms with Gasteiger partial charge < -0.3 is 0 Å². The van der Waals surface area contributed by atoms with Crippen molar-refractivity contribution in [1.82, 2.24) is 0 Å². The zero-order valence-corrected chi connectivity index (χ0v) is 13.3. The van der Waals surface area contributed by atoms with Gasteiger partial charge in [-0.3, -0.25) is 0 Å². The molecule has 3 heteroatoms. The fraction of sp³-hybridized carbons (Fsp3) is 0.125. The molecule has 0 saturated heterocycles. The van der Waals surface area contributed by atoms with Crippen molar-refractivity contribution in [3.8, 4) is 0 Å². The normalized spacial score (nSPS) is 10.2. The molecular weight excluding hydrogens is 288 g/mol. The molecular formula is C16H14S3. The summed E-state index contributed by atoms with van der Waals surface area (Å²) in [5.41, 5.74) is 4.58. The van der Waals surface area contributed by atoms with Crippen LogP contribution < -0.4 is 0 Å². The summed E-state index contributed by atoms with van der Waals surface area (Å²) >= 11 is 12.4. The highest BCUT2D eigenvalue weighted by molar-refractivity contribution is 8.38. The van der Waals surface area contributed by atoms with E-state index in [1.165, 1.54) is 22.9 Å². The molecule has 2 aromatic carbocycles. The average molecular weight is 302 g/mol. The maximum absolute atomic E-state index is 5.44. The van der Waals surface area contributed by atoms with Gasteiger partial charge in [-0.2, -0.15) is 0 Å². The molecule has 0 radical (unpaired) electrons. The highest BCUT2D eigenvalue weighted by Crippen LogP contribution is 2.21. The van der Waals surface area contributed by atoms with Crippen LogP contribution >= 0.6 is 36.2 Å². The minimum atomic E-state index is 0.825. The van der Waals surface area contributed by atoms with E-state index in [0.29, 0.717) is 0 Å². The number of thiocarbonyl (C=S) groups is 2. The minimum Gasteiger partial charge on any atom is -0.0715 e. The highest BCUT2D eigenvalue weighted by Gasteiger charge is 2.08. The maximum Gasteiger partial charge on any atom is 0.0834 e. The Morgan fingerprint density at radius 1 is 0.684 bits per heavy atom. The van der Waals surface area contributed by atoms with Gasteiger partial charge >= 0.3 is 0 Å². The van der Waals surface area contributed by atoms with Crippen LogP contribution in [0.3, 0.4) is 0 Å². The van der Waals surface area contributed by atoms with Crippen molar-refractivity contribution in [3.63, 3.8) is 0 Å². The van der Waals surface area contributed by atoms with E-state index < -0.39 is 0 Å². The lowest BCUT2D eigenvalue weighted by Crippen LogP contribution is -1.99. The van der Waals surface area contributed by atoms with Crippen LogP contribution in [0.4, 0.5) is 0 Å². The molecule has 19 heavy (non-hydrogen) atoms. The van der Waals surface area contributed by atoms with E-state index in [9.17, 15) is 0 Å². The van der Waals surface area contributed by atoms with Gasteiger partial charge in [0.1, 0.15) is 0 Å². The Bertz CT molecular complexity index is 539. The van der Waals surface area contributed by atoms with E-state index in [0.717, 1.165) is 19.5 Å². The molecule has 2 rings (SSSR count). The van der Waals surface area contributed by atoms with Crippen LogP contribution in [0.1, 0.15) is 22.3 Å². The highest BCUT2D eigenvalue weighted by atomic mass is 32.2. The predicted octanol–water partition coefficient (Wildman–Crippen LogP) is 5.09. The molecule has 0 nitrogen and oxygen atoms in total. The molecule has 0 N–H and O–H groups in total. The summed E-state index contributed by atoms with van der Waals surface area (Å²) in [5.74, 6) is 0. The molecule has 0 aliphatic heterocycles. The Hall–Kier alpha value is -1.03. The third-order valence-electron chi connectivity index (χ3n) is 2.76. The summed E-state index contributed by atoms with van der Waals surface area (Å²) in [6.07, 6.45) is 0. The average Bonchev–Trinajstić information content (AvgIpc) is 2.40. The lowest BCUT2D eigenvalue weighted by Gasteiger charge is -2.06. The van der Waals surface area contributed by atoms with E-state index >= 15 is 0 Å². The first-order valence-corrected chi connectivity index (χ1v) is 7.59. The van der Waals surface area contributed by atoms with Crippen molar-refractivity contribution in [2.75, 3.05) is 0 Å². The first kappa shape index (κ1) is 14.4. The Kier molecular flexibility index (Phi) is 4.86. The lowest BCUT2D eigenvalue weighted by molar-refractivity contribution is 1.47. The second-order valence-electron chi connectivity index (χ2n) is 4.41. The Balaban J connectivity index is 2.08. The van der Waals surface area contributed by atoms with E-state index in [1.54, 1.807) is 0 Å². The van der Waals surface area contributed by atoms with Crippen LogP contribution in [-0.4, -0.2) is 8.39 Å². The number of hydrogen-bond acceptors (Lipinski definition) is 3. The second-order valence-corrected chi connectivity index (χ2v) is 6.76. The quantitative estimate of drug-likeness (QED) is 0.709. The van der Waals surface area contributed by atoms with Crippen LogP contribution in [0.25, 0.3) is 0 Å². The first-order chi connectivity index (χ1) is 9.06. The summed E-state index contributed by atoms with van der Waals surface area (Å²) in [7, 11) is 0. The van der Waals surface area contributed by atoms with Crippen molar-refractivity contribution in [3.05, 3.63) is 70.8 Å². The molecule has 0 fully saturated rings. The third kappa shape index (κ3) is 3.96. The summed E-state index contributed by atoms with van der Waals surface area (Å²) in [6.45, 7) is 4.13. The standard InChI is InChI=1S/C16H14S3/c1-11-3-7-13(8-4-11)15(17)19-16(18)14-9-5-12(2)6-10-14/h3-10H,1-2H3. The van der Waals surface area contributed by atoms with Crippen LogP contribution in [0, 0.1) is 13.8 Å². The summed E-state index contributed by atoms with van der Waals surface area (Å²) < 4.78 is 1.65. The van der Waals surface area contributed by atoms with Gasteiger partial charge in [0.25, 0.3) is 0 Å². The van der Waals surface area contributed by atoms with Crippen molar-refractivity contribution in [1.29, 1.82) is 0 Å². The van der Waals surface area contributed by atoms with Gasteiger partial charge in [-0.1, -0.05) is 95.9 Å². The molecule has 0 saturated carbocycles. The lowest BCUT2D eigenvalue weighted by atomic mass is 10.2. The van der Waals surface area contributed by atoms with Crippen LogP contribution in [0.2, 0.25) is 0 Å². The molecule has 96 valence electrons. The molecule has 0 bridgehead atoms. The van der Waals surface area contributed by atoms with Gasteiger partial charge in [-0.15, -0.1) is 0 Å². The minimum absolute atomic E-state index is 0.825. The third-order valence-corrected chi connectivity index (χ3v) is 4.57. The number of rotatable bonds is 2. The Morgan fingerprint density at radius 2 is 1.00 bits per heavy atom.